The Hall–Kier alpha value is -2.11. The minimum absolute atomic E-state index is 0.0202. The van der Waals surface area contributed by atoms with Gasteiger partial charge in [0.25, 0.3) is 0 Å². The second-order valence-electron chi connectivity index (χ2n) is 4.99. The first kappa shape index (κ1) is 14.3. The van der Waals surface area contributed by atoms with Crippen molar-refractivity contribution < 1.29 is 14.7 Å². The number of carboxylic acids is 1. The van der Waals surface area contributed by atoms with Crippen LogP contribution in [0.4, 0.5) is 5.82 Å². The Bertz CT molecular complexity index is 530. The molecule has 0 aromatic carbocycles. The van der Waals surface area contributed by atoms with Crippen LogP contribution >= 0.6 is 0 Å². The lowest BCUT2D eigenvalue weighted by molar-refractivity contribution is -0.122. The molecule has 108 valence electrons. The molecule has 1 aliphatic heterocycles. The number of pyridine rings is 1. The van der Waals surface area contributed by atoms with Crippen LogP contribution in [0, 0.1) is 6.92 Å². The number of nitrogens with zero attached hydrogens (tertiary/aromatic N) is 2. The first-order valence-electron chi connectivity index (χ1n) is 6.72. The van der Waals surface area contributed by atoms with Crippen LogP contribution in [-0.4, -0.2) is 41.6 Å². The molecule has 20 heavy (non-hydrogen) atoms. The number of aromatic nitrogens is 1. The van der Waals surface area contributed by atoms with Gasteiger partial charge in [0, 0.05) is 19.8 Å². The highest BCUT2D eigenvalue weighted by Gasteiger charge is 2.29. The summed E-state index contributed by atoms with van der Waals surface area (Å²) in [4.78, 5) is 29.1. The zero-order chi connectivity index (χ0) is 14.7. The van der Waals surface area contributed by atoms with Gasteiger partial charge in [0.1, 0.15) is 11.9 Å². The Morgan fingerprint density at radius 3 is 2.80 bits per heavy atom. The smallest absolute Gasteiger partial charge is 0.337 e. The standard InChI is InChI=1S/C14H19N3O3/c1-9-7-10(14(19)20)8-16-12(9)17-6-4-3-5-11(17)13(18)15-2/h7-8,11H,3-6H2,1-2H3,(H,15,18)(H,19,20). The van der Waals surface area contributed by atoms with Gasteiger partial charge < -0.3 is 15.3 Å². The highest BCUT2D eigenvalue weighted by atomic mass is 16.4. The van der Waals surface area contributed by atoms with Gasteiger partial charge in [-0.05, 0) is 37.8 Å². The molecule has 6 heteroatoms. The van der Waals surface area contributed by atoms with E-state index in [2.05, 4.69) is 10.3 Å². The van der Waals surface area contributed by atoms with Gasteiger partial charge in [0.15, 0.2) is 0 Å². The average Bonchev–Trinajstić information content (AvgIpc) is 2.46. The van der Waals surface area contributed by atoms with Gasteiger partial charge in [-0.1, -0.05) is 0 Å². The van der Waals surface area contributed by atoms with Crippen LogP contribution in [0.3, 0.4) is 0 Å². The fourth-order valence-corrected chi connectivity index (χ4v) is 2.61. The first-order valence-corrected chi connectivity index (χ1v) is 6.72. The maximum atomic E-state index is 12.0. The maximum absolute atomic E-state index is 12.0. The van der Waals surface area contributed by atoms with Crippen molar-refractivity contribution in [1.29, 1.82) is 0 Å². The topological polar surface area (TPSA) is 82.5 Å². The van der Waals surface area contributed by atoms with Crippen LogP contribution in [0.15, 0.2) is 12.3 Å². The van der Waals surface area contributed by atoms with Crippen molar-refractivity contribution >= 4 is 17.7 Å². The fourth-order valence-electron chi connectivity index (χ4n) is 2.61. The lowest BCUT2D eigenvalue weighted by atomic mass is 10.0. The summed E-state index contributed by atoms with van der Waals surface area (Å²) in [5.74, 6) is -0.315. The summed E-state index contributed by atoms with van der Waals surface area (Å²) in [6, 6.07) is 1.37. The molecule has 1 amide bonds. The number of nitrogens with one attached hydrogen (secondary N) is 1. The largest absolute Gasteiger partial charge is 0.478 e. The van der Waals surface area contributed by atoms with Gasteiger partial charge >= 0.3 is 5.97 Å². The third-order valence-corrected chi connectivity index (χ3v) is 3.62. The summed E-state index contributed by atoms with van der Waals surface area (Å²) in [5, 5.41) is 11.7. The van der Waals surface area contributed by atoms with Crippen LogP contribution in [0.2, 0.25) is 0 Å². The Balaban J connectivity index is 2.32. The van der Waals surface area contributed by atoms with Crippen molar-refractivity contribution in [3.63, 3.8) is 0 Å². The molecule has 1 atom stereocenters. The van der Waals surface area contributed by atoms with E-state index in [9.17, 15) is 9.59 Å². The minimum atomic E-state index is -0.992. The van der Waals surface area contributed by atoms with Gasteiger partial charge in [-0.15, -0.1) is 0 Å². The van der Waals surface area contributed by atoms with E-state index in [4.69, 9.17) is 5.11 Å². The third-order valence-electron chi connectivity index (χ3n) is 3.62. The number of likely N-dealkylation sites (N-methyl/N-ethyl adjacent to an activating group) is 1. The second-order valence-corrected chi connectivity index (χ2v) is 4.99. The molecule has 1 aliphatic rings. The lowest BCUT2D eigenvalue weighted by Crippen LogP contribution is -2.49. The van der Waals surface area contributed by atoms with E-state index in [-0.39, 0.29) is 17.5 Å². The number of carbonyl (C=O) groups excluding carboxylic acids is 1. The van der Waals surface area contributed by atoms with Crippen molar-refractivity contribution in [1.82, 2.24) is 10.3 Å². The number of amides is 1. The summed E-state index contributed by atoms with van der Waals surface area (Å²) in [6.07, 6.45) is 4.16. The Morgan fingerprint density at radius 2 is 2.20 bits per heavy atom. The van der Waals surface area contributed by atoms with Gasteiger partial charge in [0.05, 0.1) is 5.56 Å². The van der Waals surface area contributed by atoms with E-state index in [0.29, 0.717) is 5.82 Å². The molecule has 2 N–H and O–H groups in total. The molecule has 1 unspecified atom stereocenters. The van der Waals surface area contributed by atoms with Crippen molar-refractivity contribution in [3.8, 4) is 0 Å². The zero-order valence-electron chi connectivity index (χ0n) is 11.7. The number of carbonyl (C=O) groups is 2. The summed E-state index contributed by atoms with van der Waals surface area (Å²) in [5.41, 5.74) is 0.945. The quantitative estimate of drug-likeness (QED) is 0.867. The molecule has 1 saturated heterocycles. The monoisotopic (exact) mass is 277 g/mol. The molecule has 0 radical (unpaired) electrons. The second kappa shape index (κ2) is 5.90. The van der Waals surface area contributed by atoms with Crippen molar-refractivity contribution in [2.45, 2.75) is 32.2 Å². The van der Waals surface area contributed by atoms with Crippen molar-refractivity contribution in [3.05, 3.63) is 23.4 Å². The predicted octanol–water partition coefficient (Wildman–Crippen LogP) is 1.19. The first-order chi connectivity index (χ1) is 9.54. The normalized spacial score (nSPS) is 18.7. The molecular formula is C14H19N3O3. The van der Waals surface area contributed by atoms with Crippen LogP contribution in [0.5, 0.6) is 0 Å². The third kappa shape index (κ3) is 2.74. The number of aryl methyl sites for hydroxylation is 1. The maximum Gasteiger partial charge on any atom is 0.337 e. The average molecular weight is 277 g/mol. The van der Waals surface area contributed by atoms with Gasteiger partial charge in [-0.25, -0.2) is 9.78 Å². The van der Waals surface area contributed by atoms with Crippen LogP contribution < -0.4 is 10.2 Å². The van der Waals surface area contributed by atoms with Crippen molar-refractivity contribution in [2.24, 2.45) is 0 Å². The molecule has 0 aliphatic carbocycles. The molecule has 1 aromatic rings. The van der Waals surface area contributed by atoms with Gasteiger partial charge in [0.2, 0.25) is 5.91 Å². The highest BCUT2D eigenvalue weighted by Crippen LogP contribution is 2.26. The Labute approximate surface area is 117 Å². The molecule has 2 heterocycles. The predicted molar refractivity (Wildman–Crippen MR) is 75.0 cm³/mol. The van der Waals surface area contributed by atoms with E-state index < -0.39 is 5.97 Å². The Morgan fingerprint density at radius 1 is 1.45 bits per heavy atom. The molecule has 0 bridgehead atoms. The van der Waals surface area contributed by atoms with E-state index in [1.54, 1.807) is 13.1 Å². The Kier molecular flexibility index (Phi) is 4.22. The number of aromatic carboxylic acids is 1. The number of piperidine rings is 1. The molecule has 1 fully saturated rings. The summed E-state index contributed by atoms with van der Waals surface area (Å²) < 4.78 is 0. The molecular weight excluding hydrogens is 258 g/mol. The van der Waals surface area contributed by atoms with Gasteiger partial charge in [-0.3, -0.25) is 4.79 Å². The van der Waals surface area contributed by atoms with Crippen LogP contribution in [-0.2, 0) is 4.79 Å². The minimum Gasteiger partial charge on any atom is -0.478 e. The molecule has 1 aromatic heterocycles. The van der Waals surface area contributed by atoms with Crippen molar-refractivity contribution in [2.75, 3.05) is 18.5 Å². The summed E-state index contributed by atoms with van der Waals surface area (Å²) in [7, 11) is 1.63. The lowest BCUT2D eigenvalue weighted by Gasteiger charge is -2.36. The van der Waals surface area contributed by atoms with E-state index in [1.807, 2.05) is 11.8 Å². The number of carboxylic acid groups (broad SMARTS) is 1. The molecule has 6 nitrogen and oxygen atoms in total. The molecule has 2 rings (SSSR count). The van der Waals surface area contributed by atoms with Crippen LogP contribution in [0.1, 0.15) is 35.2 Å². The van der Waals surface area contributed by atoms with Crippen LogP contribution in [0.25, 0.3) is 0 Å². The number of hydrogen-bond acceptors (Lipinski definition) is 4. The number of hydrogen-bond donors (Lipinski definition) is 2. The SMILES string of the molecule is CNC(=O)C1CCCCN1c1ncc(C(=O)O)cc1C. The van der Waals surface area contributed by atoms with E-state index in [0.717, 1.165) is 31.4 Å². The zero-order valence-corrected chi connectivity index (χ0v) is 11.7. The summed E-state index contributed by atoms with van der Waals surface area (Å²) >= 11 is 0. The molecule has 0 saturated carbocycles. The highest BCUT2D eigenvalue weighted by molar-refractivity contribution is 5.88. The van der Waals surface area contributed by atoms with E-state index in [1.165, 1.54) is 6.20 Å². The molecule has 0 spiro atoms. The van der Waals surface area contributed by atoms with E-state index >= 15 is 0 Å². The summed E-state index contributed by atoms with van der Waals surface area (Å²) in [6.45, 7) is 2.59. The number of rotatable bonds is 3. The number of anilines is 1. The fraction of sp³-hybridized carbons (Fsp3) is 0.500. The van der Waals surface area contributed by atoms with Gasteiger partial charge in [-0.2, -0.15) is 0 Å².